The molecule has 2 aliphatic rings. The molecule has 0 aromatic heterocycles. The Bertz CT molecular complexity index is 716. The minimum absolute atomic E-state index is 0.129. The highest BCUT2D eigenvalue weighted by Crippen LogP contribution is 2.39. The van der Waals surface area contributed by atoms with Crippen LogP contribution in [0.25, 0.3) is 0 Å². The van der Waals surface area contributed by atoms with Gasteiger partial charge in [-0.3, -0.25) is 4.90 Å². The summed E-state index contributed by atoms with van der Waals surface area (Å²) >= 11 is 0. The van der Waals surface area contributed by atoms with Gasteiger partial charge in [0.25, 0.3) is 0 Å². The first-order chi connectivity index (χ1) is 12.5. The lowest BCUT2D eigenvalue weighted by Gasteiger charge is -2.47. The van der Waals surface area contributed by atoms with E-state index in [1.54, 1.807) is 12.1 Å². The molecule has 1 N–H and O–H groups in total. The molecule has 0 aliphatic carbocycles. The van der Waals surface area contributed by atoms with E-state index in [1.165, 1.54) is 11.0 Å². The van der Waals surface area contributed by atoms with Crippen LogP contribution in [0.3, 0.4) is 0 Å². The summed E-state index contributed by atoms with van der Waals surface area (Å²) in [6.07, 6.45) is -0.999. The van der Waals surface area contributed by atoms with E-state index in [0.717, 1.165) is 0 Å². The number of cyclic esters (lactones) is 1. The van der Waals surface area contributed by atoms with E-state index in [9.17, 15) is 9.18 Å². The number of aliphatic hydroxyl groups excluding tert-OH is 1. The van der Waals surface area contributed by atoms with Crippen LogP contribution in [-0.4, -0.2) is 58.0 Å². The van der Waals surface area contributed by atoms with Gasteiger partial charge >= 0.3 is 6.09 Å². The minimum Gasteiger partial charge on any atom is -0.441 e. The van der Waals surface area contributed by atoms with Crippen LogP contribution in [-0.2, 0) is 9.16 Å². The van der Waals surface area contributed by atoms with Crippen molar-refractivity contribution in [3.8, 4) is 0 Å². The Labute approximate surface area is 161 Å². The number of halogens is 1. The Balaban J connectivity index is 1.63. The molecule has 3 rings (SSSR count). The van der Waals surface area contributed by atoms with Gasteiger partial charge in [-0.25, -0.2) is 9.18 Å². The average Bonchev–Trinajstić information content (AvgIpc) is 2.91. The zero-order chi connectivity index (χ0) is 20.0. The number of rotatable bonds is 5. The van der Waals surface area contributed by atoms with E-state index >= 15 is 0 Å². The lowest BCUT2D eigenvalue weighted by Crippen LogP contribution is -2.58. The van der Waals surface area contributed by atoms with Crippen molar-refractivity contribution in [1.82, 2.24) is 0 Å². The van der Waals surface area contributed by atoms with Crippen LogP contribution in [0.15, 0.2) is 18.2 Å². The number of aliphatic hydroxyl groups is 1. The third-order valence-corrected chi connectivity index (χ3v) is 10.3. The number of hydrogen-bond donors (Lipinski definition) is 1. The molecular weight excluding hydrogens is 367 g/mol. The molecule has 0 spiro atoms. The van der Waals surface area contributed by atoms with Gasteiger partial charge in [0.1, 0.15) is 11.9 Å². The van der Waals surface area contributed by atoms with Crippen LogP contribution in [0, 0.1) is 5.82 Å². The van der Waals surface area contributed by atoms with Crippen molar-refractivity contribution in [2.45, 2.75) is 51.1 Å². The van der Waals surface area contributed by atoms with E-state index in [4.69, 9.17) is 14.3 Å². The van der Waals surface area contributed by atoms with Crippen LogP contribution in [0.5, 0.6) is 0 Å². The molecular formula is C19H29FN2O4Si. The second-order valence-corrected chi connectivity index (χ2v) is 13.6. The molecule has 6 nitrogen and oxygen atoms in total. The molecule has 0 saturated carbocycles. The second-order valence-electron chi connectivity index (χ2n) is 8.84. The highest BCUT2D eigenvalue weighted by atomic mass is 28.4. The Kier molecular flexibility index (Phi) is 5.26. The van der Waals surface area contributed by atoms with Crippen molar-refractivity contribution in [2.75, 3.05) is 36.0 Å². The third-order valence-electron chi connectivity index (χ3n) is 5.78. The van der Waals surface area contributed by atoms with Crippen LogP contribution in [0.1, 0.15) is 20.8 Å². The van der Waals surface area contributed by atoms with Crippen LogP contribution < -0.4 is 9.80 Å². The van der Waals surface area contributed by atoms with Gasteiger partial charge in [0, 0.05) is 13.1 Å². The molecule has 1 amide bonds. The topological polar surface area (TPSA) is 62.2 Å². The first kappa shape index (κ1) is 20.1. The summed E-state index contributed by atoms with van der Waals surface area (Å²) in [4.78, 5) is 15.1. The van der Waals surface area contributed by atoms with Gasteiger partial charge in [-0.1, -0.05) is 20.8 Å². The number of amides is 1. The molecule has 0 bridgehead atoms. The fourth-order valence-corrected chi connectivity index (χ4v) is 4.39. The Hall–Kier alpha value is -1.64. The largest absolute Gasteiger partial charge is 0.441 e. The van der Waals surface area contributed by atoms with Gasteiger partial charge in [0.05, 0.1) is 30.6 Å². The highest BCUT2D eigenvalue weighted by Gasteiger charge is 2.42. The standard InChI is InChI=1S/C19H29FN2O4Si/c1-19(2,3)27(4,5)26-14-9-21(10-14)17-7-6-13(8-16(17)20)22-11-15(12-23)25-18(22)24/h6-8,14-15,23H,9-12H2,1-5H3/t15-/m1/s1. The van der Waals surface area contributed by atoms with E-state index in [-0.39, 0.29) is 30.1 Å². The smallest absolute Gasteiger partial charge is 0.414 e. The fourth-order valence-electron chi connectivity index (χ4n) is 3.05. The summed E-state index contributed by atoms with van der Waals surface area (Å²) < 4.78 is 26.0. The number of hydrogen-bond acceptors (Lipinski definition) is 5. The zero-order valence-electron chi connectivity index (χ0n) is 16.7. The first-order valence-corrected chi connectivity index (χ1v) is 12.2. The van der Waals surface area contributed by atoms with E-state index in [1.807, 2.05) is 4.90 Å². The molecule has 150 valence electrons. The molecule has 1 aromatic rings. The van der Waals surface area contributed by atoms with Crippen molar-refractivity contribution in [1.29, 1.82) is 0 Å². The number of carbonyl (C=O) groups is 1. The summed E-state index contributed by atoms with van der Waals surface area (Å²) in [5.41, 5.74) is 0.951. The van der Waals surface area contributed by atoms with E-state index in [2.05, 4.69) is 33.9 Å². The number of nitrogens with zero attached hydrogens (tertiary/aromatic N) is 2. The SMILES string of the molecule is CC(C)(C)[Si](C)(C)OC1CN(c2ccc(N3C[C@H](CO)OC3=O)cc2F)C1. The molecule has 1 aromatic carbocycles. The zero-order valence-corrected chi connectivity index (χ0v) is 17.7. The van der Waals surface area contributed by atoms with Gasteiger partial charge in [0.2, 0.25) is 0 Å². The predicted octanol–water partition coefficient (Wildman–Crippen LogP) is 3.35. The second kappa shape index (κ2) is 7.07. The number of carbonyl (C=O) groups excluding carboxylic acids is 1. The molecule has 27 heavy (non-hydrogen) atoms. The van der Waals surface area contributed by atoms with Crippen molar-refractivity contribution in [3.05, 3.63) is 24.0 Å². The minimum atomic E-state index is -1.83. The maximum Gasteiger partial charge on any atom is 0.414 e. The number of ether oxygens (including phenoxy) is 1. The average molecular weight is 397 g/mol. The Morgan fingerprint density at radius 2 is 1.96 bits per heavy atom. The summed E-state index contributed by atoms with van der Waals surface area (Å²) in [6, 6.07) is 4.74. The predicted molar refractivity (Wildman–Crippen MR) is 105 cm³/mol. The van der Waals surface area contributed by atoms with E-state index in [0.29, 0.717) is 24.5 Å². The van der Waals surface area contributed by atoms with Gasteiger partial charge in [-0.2, -0.15) is 0 Å². The Morgan fingerprint density at radius 1 is 1.30 bits per heavy atom. The molecule has 2 heterocycles. The lowest BCUT2D eigenvalue weighted by molar-refractivity contribution is 0.0963. The summed E-state index contributed by atoms with van der Waals surface area (Å²) in [5, 5.41) is 9.27. The van der Waals surface area contributed by atoms with Crippen LogP contribution >= 0.6 is 0 Å². The quantitative estimate of drug-likeness (QED) is 0.774. The summed E-state index contributed by atoms with van der Waals surface area (Å²) in [6.45, 7) is 12.4. The maximum absolute atomic E-state index is 14.6. The summed E-state index contributed by atoms with van der Waals surface area (Å²) in [5.74, 6) is -0.376. The van der Waals surface area contributed by atoms with Gasteiger partial charge in [0.15, 0.2) is 8.32 Å². The van der Waals surface area contributed by atoms with E-state index < -0.39 is 20.5 Å². The highest BCUT2D eigenvalue weighted by molar-refractivity contribution is 6.74. The third kappa shape index (κ3) is 3.97. The van der Waals surface area contributed by atoms with Crippen molar-refractivity contribution < 1.29 is 23.5 Å². The number of anilines is 2. The molecule has 0 unspecified atom stereocenters. The van der Waals surface area contributed by atoms with Gasteiger partial charge < -0.3 is 19.2 Å². The fraction of sp³-hybridized carbons (Fsp3) is 0.632. The molecule has 0 radical (unpaired) electrons. The van der Waals surface area contributed by atoms with Crippen LogP contribution in [0.2, 0.25) is 18.1 Å². The van der Waals surface area contributed by atoms with Crippen LogP contribution in [0.4, 0.5) is 20.6 Å². The molecule has 2 aliphatic heterocycles. The maximum atomic E-state index is 14.6. The van der Waals surface area contributed by atoms with Gasteiger partial charge in [-0.05, 0) is 36.3 Å². The van der Waals surface area contributed by atoms with Crippen molar-refractivity contribution >= 4 is 25.8 Å². The number of benzene rings is 1. The molecule has 8 heteroatoms. The molecule has 2 fully saturated rings. The van der Waals surface area contributed by atoms with Crippen molar-refractivity contribution in [3.63, 3.8) is 0 Å². The monoisotopic (exact) mass is 396 g/mol. The normalized spacial score (nSPS) is 21.4. The molecule has 2 saturated heterocycles. The summed E-state index contributed by atoms with van der Waals surface area (Å²) in [7, 11) is -1.83. The van der Waals surface area contributed by atoms with Crippen molar-refractivity contribution in [2.24, 2.45) is 0 Å². The molecule has 1 atom stereocenters. The van der Waals surface area contributed by atoms with Gasteiger partial charge in [-0.15, -0.1) is 0 Å². The Morgan fingerprint density at radius 3 is 2.48 bits per heavy atom. The first-order valence-electron chi connectivity index (χ1n) is 9.33. The lowest BCUT2D eigenvalue weighted by atomic mass is 10.1.